The van der Waals surface area contributed by atoms with Crippen LogP contribution in [0.15, 0.2) is 16.6 Å². The lowest BCUT2D eigenvalue weighted by atomic mass is 10.2. The van der Waals surface area contributed by atoms with E-state index in [0.29, 0.717) is 20.9 Å². The van der Waals surface area contributed by atoms with E-state index in [1.807, 2.05) is 0 Å². The van der Waals surface area contributed by atoms with E-state index >= 15 is 0 Å². The van der Waals surface area contributed by atoms with Gasteiger partial charge in [-0.05, 0) is 34.5 Å². The third-order valence-electron chi connectivity index (χ3n) is 2.28. The first-order valence-electron chi connectivity index (χ1n) is 5.48. The number of hydrogen-bond donors (Lipinski definition) is 2. The first kappa shape index (κ1) is 15.8. The van der Waals surface area contributed by atoms with E-state index in [2.05, 4.69) is 21.2 Å². The number of halogens is 2. The maximum absolute atomic E-state index is 11.7. The Morgan fingerprint density at radius 2 is 2.11 bits per heavy atom. The number of anilines is 1. The van der Waals surface area contributed by atoms with Gasteiger partial charge in [0.15, 0.2) is 5.75 Å². The molecule has 1 aromatic carbocycles. The van der Waals surface area contributed by atoms with Crippen LogP contribution in [0.1, 0.15) is 19.3 Å². The van der Waals surface area contributed by atoms with Gasteiger partial charge >= 0.3 is 5.97 Å². The zero-order valence-corrected chi connectivity index (χ0v) is 12.5. The molecular weight excluding hydrogens is 337 g/mol. The average molecular weight is 351 g/mol. The second kappa shape index (κ2) is 7.35. The summed E-state index contributed by atoms with van der Waals surface area (Å²) in [5.74, 6) is -0.736. The highest BCUT2D eigenvalue weighted by Crippen LogP contribution is 2.36. The van der Waals surface area contributed by atoms with E-state index in [0.717, 1.165) is 0 Å². The van der Waals surface area contributed by atoms with Crippen molar-refractivity contribution in [3.8, 4) is 5.75 Å². The third kappa shape index (κ3) is 5.08. The Kier molecular flexibility index (Phi) is 6.11. The largest absolute Gasteiger partial charge is 0.493 e. The fraction of sp³-hybridized carbons (Fsp3) is 0.333. The van der Waals surface area contributed by atoms with Crippen molar-refractivity contribution >= 4 is 45.1 Å². The minimum Gasteiger partial charge on any atom is -0.493 e. The Hall–Kier alpha value is -1.27. The van der Waals surface area contributed by atoms with Crippen LogP contribution in [0.5, 0.6) is 5.75 Å². The molecule has 0 bridgehead atoms. The number of carboxylic acids is 1. The highest BCUT2D eigenvalue weighted by atomic mass is 79.9. The molecule has 2 N–H and O–H groups in total. The summed E-state index contributed by atoms with van der Waals surface area (Å²) in [5.41, 5.74) is 0.446. The normalized spacial score (nSPS) is 10.1. The molecule has 1 rings (SSSR count). The summed E-state index contributed by atoms with van der Waals surface area (Å²) in [6, 6.07) is 3.22. The van der Waals surface area contributed by atoms with E-state index in [9.17, 15) is 9.59 Å². The highest BCUT2D eigenvalue weighted by molar-refractivity contribution is 9.10. The van der Waals surface area contributed by atoms with Crippen LogP contribution in [-0.2, 0) is 9.59 Å². The molecular formula is C12H13BrClNO4. The van der Waals surface area contributed by atoms with Gasteiger partial charge in [0.25, 0.3) is 0 Å². The lowest BCUT2D eigenvalue weighted by molar-refractivity contribution is -0.137. The smallest absolute Gasteiger partial charge is 0.303 e. The van der Waals surface area contributed by atoms with E-state index in [1.165, 1.54) is 7.11 Å². The number of hydrogen-bond acceptors (Lipinski definition) is 3. The number of methoxy groups -OCH3 is 1. The van der Waals surface area contributed by atoms with Crippen molar-refractivity contribution in [2.24, 2.45) is 0 Å². The molecule has 1 amide bonds. The molecule has 0 atom stereocenters. The van der Waals surface area contributed by atoms with Crippen LogP contribution < -0.4 is 10.1 Å². The maximum atomic E-state index is 11.7. The number of amides is 1. The quantitative estimate of drug-likeness (QED) is 0.825. The molecule has 104 valence electrons. The first-order chi connectivity index (χ1) is 8.93. The van der Waals surface area contributed by atoms with Crippen LogP contribution in [0.3, 0.4) is 0 Å². The monoisotopic (exact) mass is 349 g/mol. The minimum absolute atomic E-state index is 0.0379. The van der Waals surface area contributed by atoms with Gasteiger partial charge in [-0.3, -0.25) is 9.59 Å². The summed E-state index contributed by atoms with van der Waals surface area (Å²) in [4.78, 5) is 22.0. The molecule has 0 unspecified atom stereocenters. The lowest BCUT2D eigenvalue weighted by Gasteiger charge is -2.12. The molecule has 0 aromatic heterocycles. The lowest BCUT2D eigenvalue weighted by Crippen LogP contribution is -2.12. The van der Waals surface area contributed by atoms with Crippen molar-refractivity contribution in [1.82, 2.24) is 0 Å². The van der Waals surface area contributed by atoms with E-state index in [1.54, 1.807) is 12.1 Å². The average Bonchev–Trinajstić information content (AvgIpc) is 2.27. The third-order valence-corrected chi connectivity index (χ3v) is 3.09. The summed E-state index contributed by atoms with van der Waals surface area (Å²) < 4.78 is 5.79. The van der Waals surface area contributed by atoms with Crippen molar-refractivity contribution in [3.63, 3.8) is 0 Å². The number of ether oxygens (including phenoxy) is 1. The molecule has 0 spiro atoms. The molecule has 0 saturated carbocycles. The summed E-state index contributed by atoms with van der Waals surface area (Å²) in [6.45, 7) is 0. The number of nitrogens with one attached hydrogen (secondary N) is 1. The molecule has 5 nitrogen and oxygen atoms in total. The second-order valence-electron chi connectivity index (χ2n) is 3.76. The molecule has 19 heavy (non-hydrogen) atoms. The molecule has 0 fully saturated rings. The van der Waals surface area contributed by atoms with Crippen molar-refractivity contribution in [2.75, 3.05) is 12.4 Å². The molecule has 7 heteroatoms. The first-order valence-corrected chi connectivity index (χ1v) is 6.65. The molecule has 1 aromatic rings. The van der Waals surface area contributed by atoms with Gasteiger partial charge in [-0.15, -0.1) is 0 Å². The van der Waals surface area contributed by atoms with Gasteiger partial charge in [-0.1, -0.05) is 11.6 Å². The van der Waals surface area contributed by atoms with Crippen molar-refractivity contribution in [2.45, 2.75) is 19.3 Å². The Labute approximate surface area is 124 Å². The van der Waals surface area contributed by atoms with Gasteiger partial charge in [-0.2, -0.15) is 0 Å². The van der Waals surface area contributed by atoms with Crippen LogP contribution in [-0.4, -0.2) is 24.1 Å². The SMILES string of the molecule is COc1c(Br)cc(Cl)cc1NC(=O)CCCC(=O)O. The van der Waals surface area contributed by atoms with Crippen molar-refractivity contribution in [1.29, 1.82) is 0 Å². The Morgan fingerprint density at radius 3 is 2.68 bits per heavy atom. The van der Waals surface area contributed by atoms with Crippen LogP contribution >= 0.6 is 27.5 Å². The molecule has 0 aliphatic carbocycles. The van der Waals surface area contributed by atoms with Gasteiger partial charge in [0.1, 0.15) is 0 Å². The number of carbonyl (C=O) groups is 2. The summed E-state index contributed by atoms with van der Waals surface area (Å²) in [7, 11) is 1.48. The minimum atomic E-state index is -0.920. The molecule has 0 heterocycles. The van der Waals surface area contributed by atoms with Gasteiger partial charge < -0.3 is 15.2 Å². The molecule has 0 radical (unpaired) electrons. The summed E-state index contributed by atoms with van der Waals surface area (Å²) >= 11 is 9.18. The number of aliphatic carboxylic acids is 1. The van der Waals surface area contributed by atoms with Gasteiger partial charge in [0.2, 0.25) is 5.91 Å². The summed E-state index contributed by atoms with van der Waals surface area (Å²) in [6.07, 6.45) is 0.370. The molecule has 0 aliphatic rings. The second-order valence-corrected chi connectivity index (χ2v) is 5.05. The van der Waals surface area contributed by atoms with Crippen molar-refractivity contribution in [3.05, 3.63) is 21.6 Å². The van der Waals surface area contributed by atoms with Crippen LogP contribution in [0.4, 0.5) is 5.69 Å². The predicted molar refractivity (Wildman–Crippen MR) is 75.8 cm³/mol. The van der Waals surface area contributed by atoms with Gasteiger partial charge in [-0.25, -0.2) is 0 Å². The van der Waals surface area contributed by atoms with Crippen LogP contribution in [0, 0.1) is 0 Å². The summed E-state index contributed by atoms with van der Waals surface area (Å²) in [5, 5.41) is 11.6. The topological polar surface area (TPSA) is 75.6 Å². The fourth-order valence-corrected chi connectivity index (χ4v) is 2.45. The van der Waals surface area contributed by atoms with Gasteiger partial charge in [0, 0.05) is 17.9 Å². The zero-order valence-electron chi connectivity index (χ0n) is 10.2. The highest BCUT2D eigenvalue weighted by Gasteiger charge is 2.12. The van der Waals surface area contributed by atoms with Crippen LogP contribution in [0.25, 0.3) is 0 Å². The van der Waals surface area contributed by atoms with Crippen LogP contribution in [0.2, 0.25) is 5.02 Å². The van der Waals surface area contributed by atoms with Gasteiger partial charge in [0.05, 0.1) is 17.3 Å². The zero-order chi connectivity index (χ0) is 14.4. The predicted octanol–water partition coefficient (Wildman–Crippen LogP) is 3.30. The maximum Gasteiger partial charge on any atom is 0.303 e. The fourth-order valence-electron chi connectivity index (χ4n) is 1.47. The number of benzene rings is 1. The Balaban J connectivity index is 2.70. The molecule has 0 aliphatic heterocycles. The standard InChI is InChI=1S/C12H13BrClNO4/c1-19-12-8(13)5-7(14)6-9(12)15-10(16)3-2-4-11(17)18/h5-6H,2-4H2,1H3,(H,15,16)(H,17,18). The molecule has 0 saturated heterocycles. The Morgan fingerprint density at radius 1 is 1.42 bits per heavy atom. The number of carbonyl (C=O) groups excluding carboxylic acids is 1. The van der Waals surface area contributed by atoms with E-state index < -0.39 is 5.97 Å². The Bertz CT molecular complexity index is 493. The van der Waals surface area contributed by atoms with Crippen molar-refractivity contribution < 1.29 is 19.4 Å². The van der Waals surface area contributed by atoms with E-state index in [4.69, 9.17) is 21.4 Å². The number of rotatable bonds is 6. The number of carboxylic acid groups (broad SMARTS) is 1. The van der Waals surface area contributed by atoms with E-state index in [-0.39, 0.29) is 25.2 Å².